The molecule has 2 N–H and O–H groups in total. The lowest BCUT2D eigenvalue weighted by atomic mass is 9.90. The third-order valence-corrected chi connectivity index (χ3v) is 3.34. The van der Waals surface area contributed by atoms with Crippen LogP contribution in [0, 0.1) is 11.2 Å². The van der Waals surface area contributed by atoms with Gasteiger partial charge in [0.05, 0.1) is 5.56 Å². The fourth-order valence-corrected chi connectivity index (χ4v) is 1.53. The van der Waals surface area contributed by atoms with Crippen LogP contribution in [0.3, 0.4) is 0 Å². The summed E-state index contributed by atoms with van der Waals surface area (Å²) in [7, 11) is 0. The van der Waals surface area contributed by atoms with E-state index < -0.39 is 17.7 Å². The van der Waals surface area contributed by atoms with E-state index in [0.717, 1.165) is 18.6 Å². The minimum absolute atomic E-state index is 0.0453. The Morgan fingerprint density at radius 1 is 1.38 bits per heavy atom. The summed E-state index contributed by atoms with van der Waals surface area (Å²) in [5.41, 5.74) is 0.297. The average Bonchev–Trinajstić information content (AvgIpc) is 2.42. The van der Waals surface area contributed by atoms with Crippen molar-refractivity contribution in [2.75, 3.05) is 6.54 Å². The highest BCUT2D eigenvalue weighted by molar-refractivity contribution is 5.94. The van der Waals surface area contributed by atoms with Crippen molar-refractivity contribution in [3.05, 3.63) is 41.2 Å². The van der Waals surface area contributed by atoms with Gasteiger partial charge < -0.3 is 10.4 Å². The normalized spacial score (nSPS) is 11.6. The van der Waals surface area contributed by atoms with E-state index >= 15 is 0 Å². The van der Waals surface area contributed by atoms with Crippen LogP contribution in [0.4, 0.5) is 4.39 Å². The summed E-state index contributed by atoms with van der Waals surface area (Å²) in [4.78, 5) is 22.3. The molecule has 0 radical (unpaired) electrons. The van der Waals surface area contributed by atoms with Gasteiger partial charge in [-0.25, -0.2) is 9.18 Å². The Balaban J connectivity index is 2.80. The number of carboxylic acid groups (broad SMARTS) is 1. The number of carbonyl (C=O) groups excluding carboxylic acids is 1. The maximum Gasteiger partial charge on any atom is 0.328 e. The maximum absolute atomic E-state index is 13.9. The van der Waals surface area contributed by atoms with Crippen LogP contribution in [0.25, 0.3) is 6.08 Å². The zero-order valence-corrected chi connectivity index (χ0v) is 12.4. The molecule has 0 aliphatic rings. The Bertz CT molecular complexity index is 565. The second kappa shape index (κ2) is 7.02. The summed E-state index contributed by atoms with van der Waals surface area (Å²) >= 11 is 0. The molecule has 114 valence electrons. The molecular weight excluding hydrogens is 273 g/mol. The second-order valence-corrected chi connectivity index (χ2v) is 5.61. The first-order valence-corrected chi connectivity index (χ1v) is 6.74. The van der Waals surface area contributed by atoms with Gasteiger partial charge in [-0.15, -0.1) is 0 Å². The van der Waals surface area contributed by atoms with Gasteiger partial charge in [0.25, 0.3) is 5.91 Å². The number of carboxylic acids is 1. The third-order valence-electron chi connectivity index (χ3n) is 3.34. The molecule has 0 saturated heterocycles. The van der Waals surface area contributed by atoms with Crippen LogP contribution < -0.4 is 5.32 Å². The smallest absolute Gasteiger partial charge is 0.328 e. The van der Waals surface area contributed by atoms with Gasteiger partial charge in [-0.1, -0.05) is 26.8 Å². The van der Waals surface area contributed by atoms with Crippen LogP contribution in [-0.2, 0) is 4.79 Å². The largest absolute Gasteiger partial charge is 0.478 e. The topological polar surface area (TPSA) is 66.4 Å². The van der Waals surface area contributed by atoms with Crippen LogP contribution >= 0.6 is 0 Å². The molecule has 0 bridgehead atoms. The molecule has 0 aromatic heterocycles. The van der Waals surface area contributed by atoms with Crippen molar-refractivity contribution in [3.63, 3.8) is 0 Å². The standard InChI is InChI=1S/C16H20FNO3/c1-4-16(2,3)10-18-15(21)12-7-5-11(9-13(12)17)6-8-14(19)20/h5-9H,4,10H2,1-3H3,(H,18,21)(H,19,20)/b8-6+. The van der Waals surface area contributed by atoms with E-state index in [1.165, 1.54) is 18.2 Å². The monoisotopic (exact) mass is 293 g/mol. The van der Waals surface area contributed by atoms with Gasteiger partial charge in [-0.05, 0) is 35.6 Å². The van der Waals surface area contributed by atoms with Crippen molar-refractivity contribution >= 4 is 18.0 Å². The van der Waals surface area contributed by atoms with Gasteiger partial charge in [0.15, 0.2) is 0 Å². The van der Waals surface area contributed by atoms with E-state index in [-0.39, 0.29) is 11.0 Å². The molecule has 5 heteroatoms. The number of rotatable bonds is 6. The molecule has 0 aliphatic carbocycles. The fraction of sp³-hybridized carbons (Fsp3) is 0.375. The quantitative estimate of drug-likeness (QED) is 0.792. The molecule has 1 amide bonds. The number of nitrogens with one attached hydrogen (secondary N) is 1. The molecule has 0 spiro atoms. The predicted molar refractivity (Wildman–Crippen MR) is 79.5 cm³/mol. The number of hydrogen-bond acceptors (Lipinski definition) is 2. The minimum Gasteiger partial charge on any atom is -0.478 e. The fourth-order valence-electron chi connectivity index (χ4n) is 1.53. The van der Waals surface area contributed by atoms with Crippen molar-refractivity contribution in [2.45, 2.75) is 27.2 Å². The van der Waals surface area contributed by atoms with Crippen LogP contribution in [0.5, 0.6) is 0 Å². The van der Waals surface area contributed by atoms with E-state index in [2.05, 4.69) is 5.32 Å². The van der Waals surface area contributed by atoms with E-state index in [0.29, 0.717) is 12.1 Å². The summed E-state index contributed by atoms with van der Waals surface area (Å²) in [6.45, 7) is 6.52. The molecule has 0 aliphatic heterocycles. The Labute approximate surface area is 123 Å². The van der Waals surface area contributed by atoms with Crippen LogP contribution in [0.2, 0.25) is 0 Å². The van der Waals surface area contributed by atoms with Gasteiger partial charge in [0, 0.05) is 12.6 Å². The van der Waals surface area contributed by atoms with E-state index in [4.69, 9.17) is 5.11 Å². The van der Waals surface area contributed by atoms with Crippen molar-refractivity contribution in [2.24, 2.45) is 5.41 Å². The van der Waals surface area contributed by atoms with Gasteiger partial charge in [0.1, 0.15) is 5.82 Å². The zero-order chi connectivity index (χ0) is 16.0. The summed E-state index contributed by atoms with van der Waals surface area (Å²) in [5.74, 6) is -2.25. The number of carbonyl (C=O) groups is 2. The third kappa shape index (κ3) is 5.38. The Morgan fingerprint density at radius 3 is 2.57 bits per heavy atom. The zero-order valence-electron chi connectivity index (χ0n) is 12.4. The number of hydrogen-bond donors (Lipinski definition) is 2. The molecule has 21 heavy (non-hydrogen) atoms. The molecular formula is C16H20FNO3. The van der Waals surface area contributed by atoms with Crippen LogP contribution in [-0.4, -0.2) is 23.5 Å². The number of amides is 1. The van der Waals surface area contributed by atoms with E-state index in [1.54, 1.807) is 0 Å². The molecule has 0 unspecified atom stereocenters. The van der Waals surface area contributed by atoms with Crippen molar-refractivity contribution in [1.29, 1.82) is 0 Å². The van der Waals surface area contributed by atoms with Crippen molar-refractivity contribution in [1.82, 2.24) is 5.32 Å². The molecule has 1 aromatic rings. The number of halogens is 1. The Hall–Kier alpha value is -2.17. The van der Waals surface area contributed by atoms with Gasteiger partial charge in [-0.3, -0.25) is 4.79 Å². The first-order chi connectivity index (χ1) is 9.75. The number of benzene rings is 1. The summed E-state index contributed by atoms with van der Waals surface area (Å²) in [6.07, 6.45) is 3.08. The maximum atomic E-state index is 13.9. The molecule has 0 heterocycles. The lowest BCUT2D eigenvalue weighted by Gasteiger charge is -2.22. The van der Waals surface area contributed by atoms with Crippen LogP contribution in [0.15, 0.2) is 24.3 Å². The molecule has 1 rings (SSSR count). The second-order valence-electron chi connectivity index (χ2n) is 5.61. The molecule has 4 nitrogen and oxygen atoms in total. The minimum atomic E-state index is -1.11. The van der Waals surface area contributed by atoms with E-state index in [9.17, 15) is 14.0 Å². The molecule has 0 saturated carbocycles. The number of aliphatic carboxylic acids is 1. The molecule has 1 aromatic carbocycles. The Morgan fingerprint density at radius 2 is 2.05 bits per heavy atom. The van der Waals surface area contributed by atoms with Crippen molar-refractivity contribution in [3.8, 4) is 0 Å². The summed E-state index contributed by atoms with van der Waals surface area (Å²) in [5, 5.41) is 11.2. The van der Waals surface area contributed by atoms with Gasteiger partial charge in [-0.2, -0.15) is 0 Å². The van der Waals surface area contributed by atoms with E-state index in [1.807, 2.05) is 20.8 Å². The first-order valence-electron chi connectivity index (χ1n) is 6.74. The molecule has 0 fully saturated rings. The summed E-state index contributed by atoms with van der Waals surface area (Å²) < 4.78 is 13.9. The van der Waals surface area contributed by atoms with Gasteiger partial charge in [0.2, 0.25) is 0 Å². The lowest BCUT2D eigenvalue weighted by molar-refractivity contribution is -0.131. The molecule has 0 atom stereocenters. The first kappa shape index (κ1) is 16.9. The van der Waals surface area contributed by atoms with Gasteiger partial charge >= 0.3 is 5.97 Å². The highest BCUT2D eigenvalue weighted by atomic mass is 19.1. The highest BCUT2D eigenvalue weighted by Crippen LogP contribution is 2.18. The van der Waals surface area contributed by atoms with Crippen LogP contribution in [0.1, 0.15) is 43.1 Å². The SMILES string of the molecule is CCC(C)(C)CNC(=O)c1ccc(/C=C/C(=O)O)cc1F. The highest BCUT2D eigenvalue weighted by Gasteiger charge is 2.18. The Kier molecular flexibility index (Phi) is 5.64. The van der Waals surface area contributed by atoms with Crippen molar-refractivity contribution < 1.29 is 19.1 Å². The average molecular weight is 293 g/mol. The predicted octanol–water partition coefficient (Wildman–Crippen LogP) is 3.09. The lowest BCUT2D eigenvalue weighted by Crippen LogP contribution is -2.34. The summed E-state index contributed by atoms with van der Waals surface area (Å²) in [6, 6.07) is 3.99.